The molecule has 0 unspecified atom stereocenters. The number of amides is 1. The second kappa shape index (κ2) is 12.8. The van der Waals surface area contributed by atoms with Gasteiger partial charge in [-0.2, -0.15) is 0 Å². The fourth-order valence-electron chi connectivity index (χ4n) is 5.08. The van der Waals surface area contributed by atoms with Crippen LogP contribution < -0.4 is 29.7 Å². The Balaban J connectivity index is 1.43. The van der Waals surface area contributed by atoms with Crippen molar-refractivity contribution in [1.82, 2.24) is 4.57 Å². The van der Waals surface area contributed by atoms with E-state index >= 15 is 0 Å². The molecule has 1 atom stereocenters. The third-order valence-corrected chi connectivity index (χ3v) is 8.63. The summed E-state index contributed by atoms with van der Waals surface area (Å²) in [7, 11) is 1.59. The van der Waals surface area contributed by atoms with Gasteiger partial charge in [0, 0.05) is 21.8 Å². The molecule has 7 nitrogen and oxygen atoms in total. The Morgan fingerprint density at radius 2 is 1.68 bits per heavy atom. The summed E-state index contributed by atoms with van der Waals surface area (Å²) in [6.45, 7) is 2.08. The molecule has 1 aliphatic rings. The normalized spacial score (nSPS) is 14.5. The number of rotatable bonds is 8. The van der Waals surface area contributed by atoms with Gasteiger partial charge in [0.2, 0.25) is 0 Å². The number of hydrogen-bond acceptors (Lipinski definition) is 6. The van der Waals surface area contributed by atoms with Gasteiger partial charge >= 0.3 is 0 Å². The average Bonchev–Trinajstić information content (AvgIpc) is 3.34. The number of nitrogens with one attached hydrogen (secondary N) is 1. The molecule has 9 heteroatoms. The van der Waals surface area contributed by atoms with Crippen molar-refractivity contribution in [1.29, 1.82) is 0 Å². The van der Waals surface area contributed by atoms with Crippen LogP contribution in [0.15, 0.2) is 124 Å². The lowest BCUT2D eigenvalue weighted by atomic mass is 9.95. The topological polar surface area (TPSA) is 81.9 Å². The number of halogens is 1. The van der Waals surface area contributed by atoms with Crippen molar-refractivity contribution in [3.8, 4) is 11.5 Å². The number of carbonyl (C=O) groups excluding carboxylic acids is 1. The SMILES string of the molecule is COc1ccc([C@H]2C(C(=O)Nc3ccccc3)=C(C)N=c3s/c(=C/c4ccccc4OCc4ccccc4Cl)c(=O)n32)cc1. The Morgan fingerprint density at radius 3 is 2.43 bits per heavy atom. The maximum atomic E-state index is 14.1. The number of anilines is 1. The minimum atomic E-state index is -0.699. The lowest BCUT2D eigenvalue weighted by molar-refractivity contribution is -0.113. The molecule has 0 aliphatic carbocycles. The van der Waals surface area contributed by atoms with Crippen LogP contribution in [0.1, 0.15) is 29.7 Å². The van der Waals surface area contributed by atoms with Crippen LogP contribution in [-0.2, 0) is 11.4 Å². The monoisotopic (exact) mass is 621 g/mol. The number of thiazole rings is 1. The Morgan fingerprint density at radius 1 is 0.977 bits per heavy atom. The molecular formula is C35H28ClN3O4S. The van der Waals surface area contributed by atoms with Crippen LogP contribution in [0.5, 0.6) is 11.5 Å². The number of ether oxygens (including phenoxy) is 2. The van der Waals surface area contributed by atoms with Crippen molar-refractivity contribution in [2.75, 3.05) is 12.4 Å². The van der Waals surface area contributed by atoms with Gasteiger partial charge in [-0.05, 0) is 55.0 Å². The first-order valence-electron chi connectivity index (χ1n) is 13.9. The number of allylic oxidation sites excluding steroid dienone is 1. The lowest BCUT2D eigenvalue weighted by Crippen LogP contribution is -2.40. The fourth-order valence-corrected chi connectivity index (χ4v) is 6.30. The first-order chi connectivity index (χ1) is 21.4. The number of methoxy groups -OCH3 is 1. The minimum Gasteiger partial charge on any atom is -0.497 e. The van der Waals surface area contributed by atoms with Crippen molar-refractivity contribution in [3.05, 3.63) is 156 Å². The van der Waals surface area contributed by atoms with Crippen molar-refractivity contribution in [2.45, 2.75) is 19.6 Å². The van der Waals surface area contributed by atoms with Crippen LogP contribution in [0.4, 0.5) is 5.69 Å². The van der Waals surface area contributed by atoms with Gasteiger partial charge in [0.1, 0.15) is 18.1 Å². The van der Waals surface area contributed by atoms with Crippen molar-refractivity contribution in [3.63, 3.8) is 0 Å². The molecule has 220 valence electrons. The maximum absolute atomic E-state index is 14.1. The third kappa shape index (κ3) is 5.95. The first kappa shape index (κ1) is 29.2. The zero-order valence-electron chi connectivity index (χ0n) is 24.0. The number of carbonyl (C=O) groups is 1. The zero-order chi connectivity index (χ0) is 30.6. The fraction of sp³-hybridized carbons (Fsp3) is 0.114. The maximum Gasteiger partial charge on any atom is 0.271 e. The van der Waals surface area contributed by atoms with E-state index in [1.807, 2.05) is 103 Å². The van der Waals surface area contributed by atoms with Crippen LogP contribution in [0.3, 0.4) is 0 Å². The molecule has 0 radical (unpaired) electrons. The summed E-state index contributed by atoms with van der Waals surface area (Å²) in [5.41, 5.74) is 3.68. The highest BCUT2D eigenvalue weighted by Gasteiger charge is 2.32. The molecule has 1 N–H and O–H groups in total. The summed E-state index contributed by atoms with van der Waals surface area (Å²) in [5, 5.41) is 3.60. The van der Waals surface area contributed by atoms with Crippen LogP contribution in [0.25, 0.3) is 6.08 Å². The van der Waals surface area contributed by atoms with Crippen LogP contribution in [-0.4, -0.2) is 17.6 Å². The molecule has 1 aromatic heterocycles. The Bertz CT molecular complexity index is 2050. The van der Waals surface area contributed by atoms with Crippen LogP contribution in [0.2, 0.25) is 5.02 Å². The molecule has 1 amide bonds. The summed E-state index contributed by atoms with van der Waals surface area (Å²) >= 11 is 7.60. The Kier molecular flexibility index (Phi) is 8.45. The summed E-state index contributed by atoms with van der Waals surface area (Å²) in [5.74, 6) is 0.959. The quantitative estimate of drug-likeness (QED) is 0.227. The van der Waals surface area contributed by atoms with Crippen LogP contribution >= 0.6 is 22.9 Å². The highest BCUT2D eigenvalue weighted by atomic mass is 35.5. The lowest BCUT2D eigenvalue weighted by Gasteiger charge is -2.25. The molecule has 1 aliphatic heterocycles. The number of nitrogens with zero attached hydrogens (tertiary/aromatic N) is 2. The standard InChI is InChI=1S/C35H28ClN3O4S/c1-22-31(33(40)38-26-12-4-3-5-13-26)32(23-16-18-27(42-2)19-17-23)39-34(41)30(44-35(39)37-22)20-24-10-7-9-15-29(24)43-21-25-11-6-8-14-28(25)36/h3-20,32H,21H2,1-2H3,(H,38,40)/b30-20+/t32-/m0/s1. The van der Waals surface area contributed by atoms with Gasteiger partial charge in [-0.15, -0.1) is 0 Å². The number of hydrogen-bond donors (Lipinski definition) is 1. The van der Waals surface area contributed by atoms with Gasteiger partial charge in [-0.1, -0.05) is 89.7 Å². The molecule has 0 spiro atoms. The Hall–Kier alpha value is -4.92. The van der Waals surface area contributed by atoms with Gasteiger partial charge in [-0.25, -0.2) is 4.99 Å². The second-order valence-electron chi connectivity index (χ2n) is 10.1. The van der Waals surface area contributed by atoms with Gasteiger partial charge in [0.25, 0.3) is 11.5 Å². The molecule has 2 heterocycles. The van der Waals surface area contributed by atoms with Gasteiger partial charge < -0.3 is 14.8 Å². The molecule has 4 aromatic carbocycles. The number of aromatic nitrogens is 1. The van der Waals surface area contributed by atoms with E-state index in [4.69, 9.17) is 26.1 Å². The smallest absolute Gasteiger partial charge is 0.271 e. The van der Waals surface area contributed by atoms with Crippen molar-refractivity contribution in [2.24, 2.45) is 4.99 Å². The molecule has 0 saturated carbocycles. The molecule has 0 bridgehead atoms. The number of benzene rings is 4. The predicted molar refractivity (Wildman–Crippen MR) is 174 cm³/mol. The largest absolute Gasteiger partial charge is 0.497 e. The molecule has 5 aromatic rings. The van der Waals surface area contributed by atoms with Crippen molar-refractivity contribution < 1.29 is 14.3 Å². The molecule has 0 saturated heterocycles. The highest BCUT2D eigenvalue weighted by molar-refractivity contribution is 7.07. The Labute approximate surface area is 263 Å². The molecule has 6 rings (SSSR count). The molecular weight excluding hydrogens is 594 g/mol. The molecule has 44 heavy (non-hydrogen) atoms. The zero-order valence-corrected chi connectivity index (χ0v) is 25.6. The second-order valence-corrected chi connectivity index (χ2v) is 11.5. The van der Waals surface area contributed by atoms with E-state index in [0.717, 1.165) is 16.7 Å². The van der Waals surface area contributed by atoms with E-state index in [2.05, 4.69) is 5.32 Å². The predicted octanol–water partition coefficient (Wildman–Crippen LogP) is 6.11. The highest BCUT2D eigenvalue weighted by Crippen LogP contribution is 2.32. The average molecular weight is 622 g/mol. The number of fused-ring (bicyclic) bond motifs is 1. The van der Waals surface area contributed by atoms with Gasteiger partial charge in [0.15, 0.2) is 4.80 Å². The summed E-state index contributed by atoms with van der Waals surface area (Å²) in [6, 6.07) is 30.9. The van der Waals surface area contributed by atoms with E-state index in [1.165, 1.54) is 11.3 Å². The van der Waals surface area contributed by atoms with Crippen LogP contribution in [0, 0.1) is 0 Å². The van der Waals surface area contributed by atoms with E-state index in [1.54, 1.807) is 24.7 Å². The van der Waals surface area contributed by atoms with Gasteiger partial charge in [0.05, 0.1) is 29.0 Å². The third-order valence-electron chi connectivity index (χ3n) is 7.28. The number of para-hydroxylation sites is 2. The molecule has 0 fully saturated rings. The first-order valence-corrected chi connectivity index (χ1v) is 15.1. The van der Waals surface area contributed by atoms with E-state index < -0.39 is 6.04 Å². The summed E-state index contributed by atoms with van der Waals surface area (Å²) < 4.78 is 13.6. The van der Waals surface area contributed by atoms with E-state index in [-0.39, 0.29) is 18.1 Å². The van der Waals surface area contributed by atoms with Crippen molar-refractivity contribution >= 4 is 40.6 Å². The summed E-state index contributed by atoms with van der Waals surface area (Å²) in [6.07, 6.45) is 1.81. The van der Waals surface area contributed by atoms with Gasteiger partial charge in [-0.3, -0.25) is 14.2 Å². The summed E-state index contributed by atoms with van der Waals surface area (Å²) in [4.78, 5) is 33.1. The minimum absolute atomic E-state index is 0.256. The van der Waals surface area contributed by atoms with E-state index in [0.29, 0.717) is 42.8 Å². The van der Waals surface area contributed by atoms with E-state index in [9.17, 15) is 9.59 Å².